The molecule has 10 heteroatoms. The fourth-order valence-corrected chi connectivity index (χ4v) is 4.07. The molecule has 0 unspecified atom stereocenters. The van der Waals surface area contributed by atoms with Gasteiger partial charge in [-0.2, -0.15) is 5.10 Å². The molecular formula is C24H18FN7OS. The molecule has 0 saturated heterocycles. The predicted molar refractivity (Wildman–Crippen MR) is 127 cm³/mol. The van der Waals surface area contributed by atoms with Crippen LogP contribution in [0.15, 0.2) is 96.5 Å². The smallest absolute Gasteiger partial charge is 0.234 e. The average Bonchev–Trinajstić information content (AvgIpc) is 3.55. The van der Waals surface area contributed by atoms with Crippen LogP contribution in [-0.4, -0.2) is 41.2 Å². The first-order valence-corrected chi connectivity index (χ1v) is 11.3. The van der Waals surface area contributed by atoms with Crippen molar-refractivity contribution in [1.82, 2.24) is 29.5 Å². The molecule has 34 heavy (non-hydrogen) atoms. The van der Waals surface area contributed by atoms with E-state index < -0.39 is 5.82 Å². The number of halogens is 1. The first-order valence-electron chi connectivity index (χ1n) is 10.3. The average molecular weight is 472 g/mol. The van der Waals surface area contributed by atoms with Crippen LogP contribution in [0.5, 0.6) is 0 Å². The Morgan fingerprint density at radius 1 is 0.971 bits per heavy atom. The highest BCUT2D eigenvalue weighted by Crippen LogP contribution is 2.29. The van der Waals surface area contributed by atoms with Gasteiger partial charge in [0, 0.05) is 18.1 Å². The summed E-state index contributed by atoms with van der Waals surface area (Å²) in [4.78, 5) is 16.9. The lowest BCUT2D eigenvalue weighted by molar-refractivity contribution is -0.113. The molecule has 8 nitrogen and oxygen atoms in total. The molecule has 0 aliphatic heterocycles. The topological polar surface area (TPSA) is 90.5 Å². The molecule has 1 N–H and O–H groups in total. The molecular weight excluding hydrogens is 453 g/mol. The van der Waals surface area contributed by atoms with Crippen LogP contribution in [-0.2, 0) is 4.79 Å². The number of anilines is 1. The minimum absolute atomic E-state index is 0.0865. The molecule has 0 radical (unpaired) electrons. The predicted octanol–water partition coefficient (Wildman–Crippen LogP) is 4.38. The van der Waals surface area contributed by atoms with Crippen LogP contribution in [0.25, 0.3) is 22.9 Å². The lowest BCUT2D eigenvalue weighted by Gasteiger charge is -2.11. The number of benzene rings is 2. The van der Waals surface area contributed by atoms with Crippen molar-refractivity contribution in [2.45, 2.75) is 5.16 Å². The SMILES string of the molecule is O=C(CSc1nnc(-c2ccccc2F)n1-c1ccccc1)Nc1ccc(-n2cccn2)nc1. The van der Waals surface area contributed by atoms with Gasteiger partial charge in [0.05, 0.1) is 23.2 Å². The normalized spacial score (nSPS) is 10.9. The van der Waals surface area contributed by atoms with Gasteiger partial charge in [-0.05, 0) is 42.5 Å². The van der Waals surface area contributed by atoms with Crippen LogP contribution in [0, 0.1) is 5.82 Å². The number of amides is 1. The van der Waals surface area contributed by atoms with Gasteiger partial charge in [-0.3, -0.25) is 9.36 Å². The summed E-state index contributed by atoms with van der Waals surface area (Å²) >= 11 is 1.21. The number of carbonyl (C=O) groups excluding carboxylic acids is 1. The summed E-state index contributed by atoms with van der Waals surface area (Å²) in [5.41, 5.74) is 1.67. The number of nitrogens with zero attached hydrogens (tertiary/aromatic N) is 6. The van der Waals surface area contributed by atoms with Crippen LogP contribution < -0.4 is 5.32 Å². The summed E-state index contributed by atoms with van der Waals surface area (Å²) in [5, 5.41) is 15.9. The van der Waals surface area contributed by atoms with Gasteiger partial charge in [0.2, 0.25) is 5.91 Å². The number of rotatable bonds is 7. The molecule has 0 aliphatic rings. The molecule has 0 fully saturated rings. The minimum atomic E-state index is -0.396. The van der Waals surface area contributed by atoms with E-state index in [0.29, 0.717) is 28.0 Å². The number of pyridine rings is 1. The van der Waals surface area contributed by atoms with Gasteiger partial charge in [0.25, 0.3) is 0 Å². The van der Waals surface area contributed by atoms with Crippen LogP contribution >= 0.6 is 11.8 Å². The van der Waals surface area contributed by atoms with Gasteiger partial charge < -0.3 is 5.32 Å². The lowest BCUT2D eigenvalue weighted by Crippen LogP contribution is -2.15. The van der Waals surface area contributed by atoms with Crippen LogP contribution in [0.4, 0.5) is 10.1 Å². The highest BCUT2D eigenvalue weighted by molar-refractivity contribution is 7.99. The Kier molecular flexibility index (Phi) is 6.13. The minimum Gasteiger partial charge on any atom is -0.324 e. The maximum Gasteiger partial charge on any atom is 0.234 e. The molecule has 3 heterocycles. The molecule has 5 rings (SSSR count). The summed E-state index contributed by atoms with van der Waals surface area (Å²) < 4.78 is 17.9. The van der Waals surface area contributed by atoms with Crippen LogP contribution in [0.2, 0.25) is 0 Å². The molecule has 3 aromatic heterocycles. The van der Waals surface area contributed by atoms with Crippen LogP contribution in [0.1, 0.15) is 0 Å². The van der Waals surface area contributed by atoms with Crippen molar-refractivity contribution in [2.24, 2.45) is 0 Å². The van der Waals surface area contributed by atoms with E-state index in [4.69, 9.17) is 0 Å². The second-order valence-electron chi connectivity index (χ2n) is 7.15. The van der Waals surface area contributed by atoms with Gasteiger partial charge >= 0.3 is 0 Å². The molecule has 0 bridgehead atoms. The fourth-order valence-electron chi connectivity index (χ4n) is 3.32. The molecule has 168 valence electrons. The summed E-state index contributed by atoms with van der Waals surface area (Å²) in [6.07, 6.45) is 5.03. The molecule has 0 atom stereocenters. The molecule has 0 aliphatic carbocycles. The monoisotopic (exact) mass is 471 g/mol. The van der Waals surface area contributed by atoms with E-state index >= 15 is 0 Å². The number of hydrogen-bond donors (Lipinski definition) is 1. The van der Waals surface area contributed by atoms with Crippen molar-refractivity contribution < 1.29 is 9.18 Å². The highest BCUT2D eigenvalue weighted by Gasteiger charge is 2.19. The summed E-state index contributed by atoms with van der Waals surface area (Å²) in [6.45, 7) is 0. The third-order valence-corrected chi connectivity index (χ3v) is 5.79. The van der Waals surface area contributed by atoms with E-state index in [0.717, 1.165) is 5.69 Å². The fraction of sp³-hybridized carbons (Fsp3) is 0.0417. The lowest BCUT2D eigenvalue weighted by atomic mass is 10.2. The summed E-state index contributed by atoms with van der Waals surface area (Å²) in [7, 11) is 0. The van der Waals surface area contributed by atoms with Gasteiger partial charge in [-0.1, -0.05) is 42.1 Å². The van der Waals surface area contributed by atoms with E-state index in [1.807, 2.05) is 30.3 Å². The van der Waals surface area contributed by atoms with E-state index in [9.17, 15) is 9.18 Å². The Labute approximate surface area is 198 Å². The molecule has 0 spiro atoms. The Morgan fingerprint density at radius 2 is 1.79 bits per heavy atom. The zero-order chi connectivity index (χ0) is 23.3. The number of hydrogen-bond acceptors (Lipinski definition) is 6. The zero-order valence-corrected chi connectivity index (χ0v) is 18.6. The Balaban J connectivity index is 1.33. The first-order chi connectivity index (χ1) is 16.7. The largest absolute Gasteiger partial charge is 0.324 e. The number of aromatic nitrogens is 6. The molecule has 1 amide bonds. The van der Waals surface area contributed by atoms with Gasteiger partial charge in [0.1, 0.15) is 5.82 Å². The molecule has 0 saturated carbocycles. The Morgan fingerprint density at radius 3 is 2.53 bits per heavy atom. The summed E-state index contributed by atoms with van der Waals surface area (Å²) in [6, 6.07) is 21.1. The van der Waals surface area contributed by atoms with Crippen LogP contribution in [0.3, 0.4) is 0 Å². The quantitative estimate of drug-likeness (QED) is 0.354. The standard InChI is InChI=1S/C24H18FN7OS/c25-20-10-5-4-9-19(20)23-29-30-24(32(23)18-7-2-1-3-8-18)34-16-22(33)28-17-11-12-21(26-15-17)31-14-6-13-27-31/h1-15H,16H2,(H,28,33). The molecule has 2 aromatic carbocycles. The third-order valence-electron chi connectivity index (χ3n) is 4.87. The van der Waals surface area contributed by atoms with E-state index in [2.05, 4.69) is 25.6 Å². The van der Waals surface area contributed by atoms with Crippen molar-refractivity contribution in [1.29, 1.82) is 0 Å². The summed E-state index contributed by atoms with van der Waals surface area (Å²) in [5.74, 6) is 0.476. The van der Waals surface area contributed by atoms with E-state index in [1.165, 1.54) is 17.8 Å². The highest BCUT2D eigenvalue weighted by atomic mass is 32.2. The second-order valence-corrected chi connectivity index (χ2v) is 8.09. The van der Waals surface area contributed by atoms with Crippen molar-refractivity contribution >= 4 is 23.4 Å². The first kappa shape index (κ1) is 21.5. The second kappa shape index (κ2) is 9.67. The van der Waals surface area contributed by atoms with Gasteiger partial charge in [-0.25, -0.2) is 14.1 Å². The maximum absolute atomic E-state index is 14.5. The number of para-hydroxylation sites is 1. The molecule has 5 aromatic rings. The van der Waals surface area contributed by atoms with Gasteiger partial charge in [0.15, 0.2) is 16.8 Å². The van der Waals surface area contributed by atoms with Crippen molar-refractivity contribution in [2.75, 3.05) is 11.1 Å². The number of carbonyl (C=O) groups is 1. The third kappa shape index (κ3) is 4.57. The Hall–Kier alpha value is -4.31. The van der Waals surface area contributed by atoms with E-state index in [1.54, 1.807) is 64.2 Å². The zero-order valence-electron chi connectivity index (χ0n) is 17.7. The van der Waals surface area contributed by atoms with Crippen molar-refractivity contribution in [3.8, 4) is 22.9 Å². The maximum atomic E-state index is 14.5. The number of nitrogens with one attached hydrogen (secondary N) is 1. The van der Waals surface area contributed by atoms with E-state index in [-0.39, 0.29) is 11.7 Å². The van der Waals surface area contributed by atoms with Crippen molar-refractivity contribution in [3.05, 3.63) is 97.2 Å². The van der Waals surface area contributed by atoms with Crippen molar-refractivity contribution in [3.63, 3.8) is 0 Å². The van der Waals surface area contributed by atoms with Gasteiger partial charge in [-0.15, -0.1) is 10.2 Å². The number of thioether (sulfide) groups is 1. The Bertz CT molecular complexity index is 1400.